The standard InChI is InChI=1S/C18H22N2O4S/c1-14-5-4-6-15(13-14)7-12-18(21)19-16-8-10-17(11-9-16)25(22,23)20(2)24-3/h4-6,8-11,13H,7,12H2,1-3H3,(H,19,21). The van der Waals surface area contributed by atoms with Crippen LogP contribution < -0.4 is 5.32 Å². The van der Waals surface area contributed by atoms with Gasteiger partial charge in [-0.2, -0.15) is 0 Å². The molecule has 6 nitrogen and oxygen atoms in total. The SMILES string of the molecule is CON(C)S(=O)(=O)c1ccc(NC(=O)CCc2cccc(C)c2)cc1. The number of nitrogens with one attached hydrogen (secondary N) is 1. The molecule has 0 aromatic heterocycles. The van der Waals surface area contributed by atoms with E-state index in [4.69, 9.17) is 4.84 Å². The van der Waals surface area contributed by atoms with Gasteiger partial charge in [0.2, 0.25) is 5.91 Å². The number of amides is 1. The van der Waals surface area contributed by atoms with E-state index in [9.17, 15) is 13.2 Å². The number of carbonyl (C=O) groups is 1. The number of sulfonamides is 1. The van der Waals surface area contributed by atoms with Crippen molar-refractivity contribution in [2.75, 3.05) is 19.5 Å². The van der Waals surface area contributed by atoms with Gasteiger partial charge < -0.3 is 5.32 Å². The number of carbonyl (C=O) groups excluding carboxylic acids is 1. The van der Waals surface area contributed by atoms with Gasteiger partial charge in [-0.15, -0.1) is 0 Å². The average Bonchev–Trinajstić information content (AvgIpc) is 2.59. The Morgan fingerprint density at radius 3 is 2.44 bits per heavy atom. The molecule has 0 unspecified atom stereocenters. The van der Waals surface area contributed by atoms with Gasteiger partial charge in [-0.05, 0) is 43.2 Å². The predicted octanol–water partition coefficient (Wildman–Crippen LogP) is 2.75. The first-order chi connectivity index (χ1) is 11.8. The van der Waals surface area contributed by atoms with Gasteiger partial charge in [-0.1, -0.05) is 34.3 Å². The number of hydrogen-bond donors (Lipinski definition) is 1. The van der Waals surface area contributed by atoms with Crippen molar-refractivity contribution in [3.8, 4) is 0 Å². The second kappa shape index (κ2) is 8.24. The highest BCUT2D eigenvalue weighted by molar-refractivity contribution is 7.89. The van der Waals surface area contributed by atoms with Crippen LogP contribution >= 0.6 is 0 Å². The fourth-order valence-corrected chi connectivity index (χ4v) is 3.28. The van der Waals surface area contributed by atoms with Crippen LogP contribution in [0.4, 0.5) is 5.69 Å². The van der Waals surface area contributed by atoms with Crippen molar-refractivity contribution < 1.29 is 18.0 Å². The Bertz CT molecular complexity index is 832. The molecule has 0 spiro atoms. The van der Waals surface area contributed by atoms with E-state index in [1.807, 2.05) is 25.1 Å². The monoisotopic (exact) mass is 362 g/mol. The molecule has 0 radical (unpaired) electrons. The summed E-state index contributed by atoms with van der Waals surface area (Å²) in [6.07, 6.45) is 1.01. The molecular weight excluding hydrogens is 340 g/mol. The summed E-state index contributed by atoms with van der Waals surface area (Å²) >= 11 is 0. The number of hydrogen-bond acceptors (Lipinski definition) is 4. The van der Waals surface area contributed by atoms with Gasteiger partial charge in [0.15, 0.2) is 0 Å². The van der Waals surface area contributed by atoms with Gasteiger partial charge in [-0.3, -0.25) is 9.63 Å². The highest BCUT2D eigenvalue weighted by atomic mass is 32.2. The third kappa shape index (κ3) is 5.12. The minimum atomic E-state index is -3.69. The van der Waals surface area contributed by atoms with E-state index in [1.54, 1.807) is 12.1 Å². The average molecular weight is 362 g/mol. The number of nitrogens with zero attached hydrogens (tertiary/aromatic N) is 1. The van der Waals surface area contributed by atoms with Crippen LogP contribution in [0.3, 0.4) is 0 Å². The normalized spacial score (nSPS) is 11.5. The molecule has 1 N–H and O–H groups in total. The van der Waals surface area contributed by atoms with Crippen LogP contribution in [0.25, 0.3) is 0 Å². The summed E-state index contributed by atoms with van der Waals surface area (Å²) < 4.78 is 25.0. The first kappa shape index (κ1) is 19.1. The summed E-state index contributed by atoms with van der Waals surface area (Å²) in [4.78, 5) is 16.9. The van der Waals surface area contributed by atoms with Crippen molar-refractivity contribution in [3.63, 3.8) is 0 Å². The number of hydroxylamine groups is 1. The van der Waals surface area contributed by atoms with Crippen LogP contribution in [-0.4, -0.2) is 33.0 Å². The zero-order valence-corrected chi connectivity index (χ0v) is 15.3. The van der Waals surface area contributed by atoms with Crippen molar-refractivity contribution >= 4 is 21.6 Å². The van der Waals surface area contributed by atoms with Crippen molar-refractivity contribution in [2.45, 2.75) is 24.7 Å². The highest BCUT2D eigenvalue weighted by Crippen LogP contribution is 2.18. The molecule has 0 bridgehead atoms. The maximum atomic E-state index is 12.1. The number of aryl methyl sites for hydroxylation is 2. The molecule has 0 aliphatic heterocycles. The van der Waals surface area contributed by atoms with Gasteiger partial charge in [0.1, 0.15) is 0 Å². The summed E-state index contributed by atoms with van der Waals surface area (Å²) in [7, 11) is -1.09. The first-order valence-electron chi connectivity index (χ1n) is 7.81. The van der Waals surface area contributed by atoms with E-state index in [-0.39, 0.29) is 10.8 Å². The highest BCUT2D eigenvalue weighted by Gasteiger charge is 2.20. The predicted molar refractivity (Wildman–Crippen MR) is 96.5 cm³/mol. The molecular formula is C18H22N2O4S. The number of anilines is 1. The lowest BCUT2D eigenvalue weighted by atomic mass is 10.1. The zero-order valence-electron chi connectivity index (χ0n) is 14.5. The van der Waals surface area contributed by atoms with E-state index < -0.39 is 10.0 Å². The fraction of sp³-hybridized carbons (Fsp3) is 0.278. The molecule has 2 aromatic carbocycles. The second-order valence-corrected chi connectivity index (χ2v) is 7.59. The Labute approximate surface area is 148 Å². The summed E-state index contributed by atoms with van der Waals surface area (Å²) in [5.74, 6) is -0.119. The second-order valence-electron chi connectivity index (χ2n) is 5.66. The Morgan fingerprint density at radius 2 is 1.84 bits per heavy atom. The minimum Gasteiger partial charge on any atom is -0.326 e. The van der Waals surface area contributed by atoms with Crippen LogP contribution in [0, 0.1) is 6.92 Å². The molecule has 0 aliphatic carbocycles. The van der Waals surface area contributed by atoms with Crippen molar-refractivity contribution in [1.29, 1.82) is 0 Å². The Morgan fingerprint density at radius 1 is 1.16 bits per heavy atom. The molecule has 0 saturated heterocycles. The lowest BCUT2D eigenvalue weighted by molar-refractivity contribution is -0.116. The summed E-state index contributed by atoms with van der Waals surface area (Å²) in [6.45, 7) is 2.01. The molecule has 2 aromatic rings. The van der Waals surface area contributed by atoms with Crippen molar-refractivity contribution in [1.82, 2.24) is 4.47 Å². The van der Waals surface area contributed by atoms with E-state index in [0.29, 0.717) is 18.5 Å². The molecule has 7 heteroatoms. The van der Waals surface area contributed by atoms with E-state index in [2.05, 4.69) is 11.4 Å². The van der Waals surface area contributed by atoms with Gasteiger partial charge in [0, 0.05) is 19.2 Å². The van der Waals surface area contributed by atoms with Gasteiger partial charge in [-0.25, -0.2) is 8.42 Å². The fourth-order valence-electron chi connectivity index (χ4n) is 2.31. The molecule has 1 amide bonds. The summed E-state index contributed by atoms with van der Waals surface area (Å²) in [5, 5.41) is 2.77. The van der Waals surface area contributed by atoms with Gasteiger partial charge in [0.05, 0.1) is 12.0 Å². The molecule has 0 aliphatic rings. The quantitative estimate of drug-likeness (QED) is 0.769. The maximum absolute atomic E-state index is 12.1. The Balaban J connectivity index is 1.95. The molecule has 134 valence electrons. The Hall–Kier alpha value is -2.22. The van der Waals surface area contributed by atoms with E-state index >= 15 is 0 Å². The molecule has 0 fully saturated rings. The number of rotatable bonds is 7. The zero-order chi connectivity index (χ0) is 18.4. The lowest BCUT2D eigenvalue weighted by Gasteiger charge is -2.14. The largest absolute Gasteiger partial charge is 0.326 e. The molecule has 25 heavy (non-hydrogen) atoms. The Kier molecular flexibility index (Phi) is 6.30. The van der Waals surface area contributed by atoms with Crippen LogP contribution in [-0.2, 0) is 26.1 Å². The summed E-state index contributed by atoms with van der Waals surface area (Å²) in [6, 6.07) is 14.0. The maximum Gasteiger partial charge on any atom is 0.264 e. The van der Waals surface area contributed by atoms with Crippen molar-refractivity contribution in [2.24, 2.45) is 0 Å². The molecule has 0 heterocycles. The first-order valence-corrected chi connectivity index (χ1v) is 9.25. The molecule has 0 saturated carbocycles. The van der Waals surface area contributed by atoms with Gasteiger partial charge >= 0.3 is 0 Å². The lowest BCUT2D eigenvalue weighted by Crippen LogP contribution is -2.25. The number of benzene rings is 2. The smallest absolute Gasteiger partial charge is 0.264 e. The third-order valence-corrected chi connectivity index (χ3v) is 5.45. The molecule has 2 rings (SSSR count). The van der Waals surface area contributed by atoms with E-state index in [1.165, 1.54) is 26.3 Å². The van der Waals surface area contributed by atoms with Crippen LogP contribution in [0.1, 0.15) is 17.5 Å². The van der Waals surface area contributed by atoms with Crippen LogP contribution in [0.15, 0.2) is 53.4 Å². The van der Waals surface area contributed by atoms with Crippen LogP contribution in [0.2, 0.25) is 0 Å². The van der Waals surface area contributed by atoms with Crippen molar-refractivity contribution in [3.05, 3.63) is 59.7 Å². The van der Waals surface area contributed by atoms with E-state index in [0.717, 1.165) is 15.6 Å². The summed E-state index contributed by atoms with van der Waals surface area (Å²) in [5.41, 5.74) is 2.82. The topological polar surface area (TPSA) is 75.7 Å². The minimum absolute atomic E-state index is 0.0922. The third-order valence-electron chi connectivity index (χ3n) is 3.75. The van der Waals surface area contributed by atoms with Crippen LogP contribution in [0.5, 0.6) is 0 Å². The molecule has 0 atom stereocenters. The van der Waals surface area contributed by atoms with Gasteiger partial charge in [0.25, 0.3) is 10.0 Å².